The van der Waals surface area contributed by atoms with E-state index >= 15 is 0 Å². The Kier molecular flexibility index (Phi) is 4.84. The minimum Gasteiger partial charge on any atom is -0.481 e. The molecule has 128 valence electrons. The molecule has 0 bridgehead atoms. The third kappa shape index (κ3) is 3.65. The monoisotopic (exact) mass is 324 g/mol. The van der Waals surface area contributed by atoms with Crippen molar-refractivity contribution in [2.24, 2.45) is 5.92 Å². The second-order valence-corrected chi connectivity index (χ2v) is 6.76. The van der Waals surface area contributed by atoms with E-state index in [1.165, 1.54) is 0 Å². The van der Waals surface area contributed by atoms with E-state index < -0.39 is 12.1 Å². The zero-order chi connectivity index (χ0) is 16.4. The molecule has 0 aromatic carbocycles. The number of ether oxygens (including phenoxy) is 1. The lowest BCUT2D eigenvalue weighted by molar-refractivity contribution is -0.149. The maximum atomic E-state index is 12.7. The van der Waals surface area contributed by atoms with Gasteiger partial charge in [0.25, 0.3) is 0 Å². The molecular formula is C16H24N2O5. The molecule has 1 saturated carbocycles. The molecule has 0 radical (unpaired) electrons. The predicted octanol–water partition coefficient (Wildman–Crippen LogP) is 0.480. The Morgan fingerprint density at radius 2 is 1.96 bits per heavy atom. The SMILES string of the molecule is O=C(O)C[C@H]1CN(C(=O)[C@@H]2CC(=O)N(C3CCCC3)C2)CCO1. The largest absolute Gasteiger partial charge is 0.481 e. The lowest BCUT2D eigenvalue weighted by Crippen LogP contribution is -2.48. The number of carbonyl (C=O) groups is 3. The van der Waals surface area contributed by atoms with Crippen LogP contribution in [0.25, 0.3) is 0 Å². The van der Waals surface area contributed by atoms with Crippen LogP contribution in [0.3, 0.4) is 0 Å². The highest BCUT2D eigenvalue weighted by molar-refractivity contribution is 5.89. The average molecular weight is 324 g/mol. The molecule has 23 heavy (non-hydrogen) atoms. The Morgan fingerprint density at radius 1 is 1.22 bits per heavy atom. The van der Waals surface area contributed by atoms with Gasteiger partial charge < -0.3 is 19.6 Å². The first-order valence-corrected chi connectivity index (χ1v) is 8.46. The number of aliphatic carboxylic acids is 1. The lowest BCUT2D eigenvalue weighted by atomic mass is 10.1. The van der Waals surface area contributed by atoms with Crippen LogP contribution in [0.4, 0.5) is 0 Å². The van der Waals surface area contributed by atoms with Crippen LogP contribution in [-0.2, 0) is 19.1 Å². The summed E-state index contributed by atoms with van der Waals surface area (Å²) in [5.41, 5.74) is 0. The number of rotatable bonds is 4. The van der Waals surface area contributed by atoms with Crippen LogP contribution >= 0.6 is 0 Å². The number of carboxylic acid groups (broad SMARTS) is 1. The van der Waals surface area contributed by atoms with Gasteiger partial charge in [0, 0.05) is 32.1 Å². The van der Waals surface area contributed by atoms with E-state index in [2.05, 4.69) is 0 Å². The molecule has 7 heteroatoms. The topological polar surface area (TPSA) is 87.2 Å². The van der Waals surface area contributed by atoms with E-state index in [1.54, 1.807) is 4.90 Å². The van der Waals surface area contributed by atoms with Crippen molar-refractivity contribution in [3.63, 3.8) is 0 Å². The molecule has 3 aliphatic rings. The van der Waals surface area contributed by atoms with Gasteiger partial charge in [-0.05, 0) is 12.8 Å². The van der Waals surface area contributed by atoms with Crippen LogP contribution in [0.5, 0.6) is 0 Å². The summed E-state index contributed by atoms with van der Waals surface area (Å²) >= 11 is 0. The van der Waals surface area contributed by atoms with Crippen LogP contribution in [-0.4, -0.2) is 71.1 Å². The summed E-state index contributed by atoms with van der Waals surface area (Å²) in [7, 11) is 0. The van der Waals surface area contributed by atoms with Gasteiger partial charge in [0.15, 0.2) is 0 Å². The minimum absolute atomic E-state index is 0.0301. The van der Waals surface area contributed by atoms with Crippen molar-refractivity contribution >= 4 is 17.8 Å². The Bertz CT molecular complexity index is 489. The Balaban J connectivity index is 1.57. The Morgan fingerprint density at radius 3 is 2.65 bits per heavy atom. The number of amides is 2. The molecular weight excluding hydrogens is 300 g/mol. The molecule has 0 aromatic heterocycles. The third-order valence-electron chi connectivity index (χ3n) is 5.13. The van der Waals surface area contributed by atoms with Crippen molar-refractivity contribution in [3.05, 3.63) is 0 Å². The van der Waals surface area contributed by atoms with E-state index in [0.717, 1.165) is 25.7 Å². The molecule has 2 saturated heterocycles. The van der Waals surface area contributed by atoms with Gasteiger partial charge in [0.2, 0.25) is 11.8 Å². The summed E-state index contributed by atoms with van der Waals surface area (Å²) in [6, 6.07) is 0.310. The fraction of sp³-hybridized carbons (Fsp3) is 0.812. The summed E-state index contributed by atoms with van der Waals surface area (Å²) in [5.74, 6) is -1.15. The van der Waals surface area contributed by atoms with Gasteiger partial charge in [0.1, 0.15) is 0 Å². The first-order chi connectivity index (χ1) is 11.0. The number of carboxylic acids is 1. The third-order valence-corrected chi connectivity index (χ3v) is 5.13. The predicted molar refractivity (Wildman–Crippen MR) is 80.6 cm³/mol. The number of hydrogen-bond acceptors (Lipinski definition) is 4. The van der Waals surface area contributed by atoms with Gasteiger partial charge in [-0.25, -0.2) is 0 Å². The van der Waals surface area contributed by atoms with E-state index in [-0.39, 0.29) is 30.6 Å². The molecule has 0 aromatic rings. The number of carbonyl (C=O) groups excluding carboxylic acids is 2. The fourth-order valence-corrected chi connectivity index (χ4v) is 3.96. The first kappa shape index (κ1) is 16.2. The van der Waals surface area contributed by atoms with Crippen molar-refractivity contribution in [2.45, 2.75) is 50.7 Å². The van der Waals surface area contributed by atoms with Gasteiger partial charge in [-0.2, -0.15) is 0 Å². The number of hydrogen-bond donors (Lipinski definition) is 1. The van der Waals surface area contributed by atoms with Crippen LogP contribution in [0.2, 0.25) is 0 Å². The van der Waals surface area contributed by atoms with E-state index in [9.17, 15) is 14.4 Å². The van der Waals surface area contributed by atoms with E-state index in [1.807, 2.05) is 4.90 Å². The molecule has 1 aliphatic carbocycles. The van der Waals surface area contributed by atoms with Gasteiger partial charge in [-0.3, -0.25) is 14.4 Å². The summed E-state index contributed by atoms with van der Waals surface area (Å²) in [5, 5.41) is 8.86. The van der Waals surface area contributed by atoms with Crippen molar-refractivity contribution in [1.29, 1.82) is 0 Å². The highest BCUT2D eigenvalue weighted by Gasteiger charge is 2.41. The van der Waals surface area contributed by atoms with Gasteiger partial charge in [-0.15, -0.1) is 0 Å². The Hall–Kier alpha value is -1.63. The standard InChI is InChI=1S/C16H24N2O5/c19-14-7-11(9-18(14)12-3-1-2-4-12)16(22)17-5-6-23-13(10-17)8-15(20)21/h11-13H,1-10H2,(H,20,21)/t11-,13+/m1/s1. The maximum Gasteiger partial charge on any atom is 0.306 e. The Labute approximate surface area is 135 Å². The summed E-state index contributed by atoms with van der Waals surface area (Å²) < 4.78 is 5.40. The lowest BCUT2D eigenvalue weighted by Gasteiger charge is -2.34. The van der Waals surface area contributed by atoms with Crippen LogP contribution in [0.15, 0.2) is 0 Å². The van der Waals surface area contributed by atoms with Crippen LogP contribution in [0, 0.1) is 5.92 Å². The molecule has 3 rings (SSSR count). The zero-order valence-electron chi connectivity index (χ0n) is 13.3. The summed E-state index contributed by atoms with van der Waals surface area (Å²) in [6.07, 6.45) is 4.15. The number of morpholine rings is 1. The molecule has 0 spiro atoms. The average Bonchev–Trinajstić information content (AvgIpc) is 3.15. The molecule has 2 heterocycles. The molecule has 3 fully saturated rings. The van der Waals surface area contributed by atoms with Gasteiger partial charge in [0.05, 0.1) is 25.0 Å². The molecule has 2 amide bonds. The van der Waals surface area contributed by atoms with Gasteiger partial charge >= 0.3 is 5.97 Å². The first-order valence-electron chi connectivity index (χ1n) is 8.46. The van der Waals surface area contributed by atoms with Crippen LogP contribution in [0.1, 0.15) is 38.5 Å². The maximum absolute atomic E-state index is 12.7. The number of nitrogens with zero attached hydrogens (tertiary/aromatic N) is 2. The summed E-state index contributed by atoms with van der Waals surface area (Å²) in [4.78, 5) is 39.3. The van der Waals surface area contributed by atoms with Crippen LogP contribution < -0.4 is 0 Å². The zero-order valence-corrected chi connectivity index (χ0v) is 13.3. The fourth-order valence-electron chi connectivity index (χ4n) is 3.96. The van der Waals surface area contributed by atoms with Crippen molar-refractivity contribution in [1.82, 2.24) is 9.80 Å². The normalized spacial score (nSPS) is 29.3. The molecule has 0 unspecified atom stereocenters. The summed E-state index contributed by atoms with van der Waals surface area (Å²) in [6.45, 7) is 1.66. The minimum atomic E-state index is -0.923. The highest BCUT2D eigenvalue weighted by Crippen LogP contribution is 2.30. The molecule has 2 aliphatic heterocycles. The van der Waals surface area contributed by atoms with Crippen molar-refractivity contribution < 1.29 is 24.2 Å². The highest BCUT2D eigenvalue weighted by atomic mass is 16.5. The smallest absolute Gasteiger partial charge is 0.306 e. The molecule has 2 atom stereocenters. The van der Waals surface area contributed by atoms with E-state index in [4.69, 9.17) is 9.84 Å². The van der Waals surface area contributed by atoms with E-state index in [0.29, 0.717) is 32.3 Å². The number of likely N-dealkylation sites (tertiary alicyclic amines) is 1. The quantitative estimate of drug-likeness (QED) is 0.813. The molecule has 7 nitrogen and oxygen atoms in total. The van der Waals surface area contributed by atoms with Gasteiger partial charge in [-0.1, -0.05) is 12.8 Å². The van der Waals surface area contributed by atoms with Crippen molar-refractivity contribution in [2.75, 3.05) is 26.2 Å². The van der Waals surface area contributed by atoms with Crippen molar-refractivity contribution in [3.8, 4) is 0 Å². The second kappa shape index (κ2) is 6.86. The molecule has 1 N–H and O–H groups in total. The second-order valence-electron chi connectivity index (χ2n) is 6.76.